The molecule has 4 heterocycles. The highest BCUT2D eigenvalue weighted by Gasteiger charge is 2.14. The van der Waals surface area contributed by atoms with Crippen LogP contribution in [0.4, 0.5) is 0 Å². The fraction of sp³-hybridized carbons (Fsp3) is 0. The van der Waals surface area contributed by atoms with Crippen molar-refractivity contribution in [3.8, 4) is 78.9 Å². The summed E-state index contributed by atoms with van der Waals surface area (Å²) in [5, 5.41) is 0. The van der Waals surface area contributed by atoms with Crippen molar-refractivity contribution in [3.05, 3.63) is 176 Å². The second-order valence-corrected chi connectivity index (χ2v) is 11.4. The first-order chi connectivity index (χ1) is 23.8. The molecule has 0 aliphatic heterocycles. The zero-order valence-corrected chi connectivity index (χ0v) is 26.0. The van der Waals surface area contributed by atoms with E-state index in [1.54, 1.807) is 6.20 Å². The Morgan fingerprint density at radius 3 is 1.35 bits per heavy atom. The van der Waals surface area contributed by atoms with Gasteiger partial charge in [0.15, 0.2) is 5.82 Å². The van der Waals surface area contributed by atoms with Crippen molar-refractivity contribution in [1.29, 1.82) is 0 Å². The summed E-state index contributed by atoms with van der Waals surface area (Å²) in [6.07, 6.45) is 3.66. The molecule has 0 saturated heterocycles. The highest BCUT2D eigenvalue weighted by atomic mass is 14.9. The minimum atomic E-state index is 0.660. The third-order valence-electron chi connectivity index (χ3n) is 8.23. The van der Waals surface area contributed by atoms with E-state index in [-0.39, 0.29) is 0 Å². The van der Waals surface area contributed by atoms with Crippen LogP contribution in [-0.4, -0.2) is 24.9 Å². The second-order valence-electron chi connectivity index (χ2n) is 11.4. The topological polar surface area (TPSA) is 64.5 Å². The Hall–Kier alpha value is -6.59. The molecule has 5 heteroatoms. The fourth-order valence-corrected chi connectivity index (χ4v) is 5.72. The molecule has 0 radical (unpaired) electrons. The minimum absolute atomic E-state index is 0.660. The quantitative estimate of drug-likeness (QED) is 0.178. The maximum atomic E-state index is 5.04. The van der Waals surface area contributed by atoms with E-state index in [0.29, 0.717) is 5.82 Å². The zero-order valence-electron chi connectivity index (χ0n) is 26.0. The standard InChI is InChI=1S/C43H29N5/c1-4-12-30(13-5-1)32-19-21-34(22-20-32)43-47-39(33-16-8-3-9-17-33)28-40(48-43)35-23-24-38(45-29-35)42-27-36(31-14-6-2-7-15-31)26-41(46-42)37-18-10-11-25-44-37/h1-29H. The summed E-state index contributed by atoms with van der Waals surface area (Å²) in [5.74, 6) is 0.660. The molecule has 0 aliphatic carbocycles. The van der Waals surface area contributed by atoms with E-state index in [1.807, 2.05) is 79.0 Å². The van der Waals surface area contributed by atoms with Crippen LogP contribution in [0.3, 0.4) is 0 Å². The van der Waals surface area contributed by atoms with E-state index < -0.39 is 0 Å². The van der Waals surface area contributed by atoms with E-state index in [1.165, 1.54) is 5.56 Å². The van der Waals surface area contributed by atoms with Crippen LogP contribution in [0.15, 0.2) is 176 Å². The van der Waals surface area contributed by atoms with Crippen LogP contribution in [0.25, 0.3) is 78.9 Å². The molecule has 4 aromatic carbocycles. The smallest absolute Gasteiger partial charge is 0.160 e. The van der Waals surface area contributed by atoms with Gasteiger partial charge in [-0.15, -0.1) is 0 Å². The Kier molecular flexibility index (Phi) is 7.83. The predicted octanol–water partition coefficient (Wildman–Crippen LogP) is 10.3. The van der Waals surface area contributed by atoms with Gasteiger partial charge in [0.05, 0.1) is 34.2 Å². The normalized spacial score (nSPS) is 10.9. The number of hydrogen-bond acceptors (Lipinski definition) is 5. The van der Waals surface area contributed by atoms with Gasteiger partial charge in [-0.05, 0) is 64.7 Å². The lowest BCUT2D eigenvalue weighted by Crippen LogP contribution is -1.97. The number of aromatic nitrogens is 5. The Bertz CT molecular complexity index is 2230. The summed E-state index contributed by atoms with van der Waals surface area (Å²) in [6, 6.07) is 55.4. The van der Waals surface area contributed by atoms with Gasteiger partial charge < -0.3 is 0 Å². The van der Waals surface area contributed by atoms with Crippen LogP contribution < -0.4 is 0 Å². The molecule has 0 aliphatic rings. The summed E-state index contributed by atoms with van der Waals surface area (Å²) < 4.78 is 0. The number of hydrogen-bond donors (Lipinski definition) is 0. The molecule has 0 spiro atoms. The molecular weight excluding hydrogens is 587 g/mol. The molecule has 0 N–H and O–H groups in total. The number of pyridine rings is 3. The van der Waals surface area contributed by atoms with Crippen molar-refractivity contribution in [2.75, 3.05) is 0 Å². The van der Waals surface area contributed by atoms with Gasteiger partial charge in [0.25, 0.3) is 0 Å². The van der Waals surface area contributed by atoms with Gasteiger partial charge in [0.1, 0.15) is 0 Å². The fourth-order valence-electron chi connectivity index (χ4n) is 5.72. The minimum Gasteiger partial charge on any atom is -0.255 e. The molecule has 4 aromatic heterocycles. The molecular formula is C43H29N5. The predicted molar refractivity (Wildman–Crippen MR) is 193 cm³/mol. The summed E-state index contributed by atoms with van der Waals surface area (Å²) in [7, 11) is 0. The molecule has 226 valence electrons. The van der Waals surface area contributed by atoms with Crippen molar-refractivity contribution >= 4 is 0 Å². The van der Waals surface area contributed by atoms with Gasteiger partial charge in [-0.3, -0.25) is 9.97 Å². The summed E-state index contributed by atoms with van der Waals surface area (Å²) in [5.41, 5.74) is 12.1. The average molecular weight is 616 g/mol. The molecule has 0 fully saturated rings. The van der Waals surface area contributed by atoms with Crippen LogP contribution >= 0.6 is 0 Å². The van der Waals surface area contributed by atoms with E-state index in [0.717, 1.165) is 67.5 Å². The van der Waals surface area contributed by atoms with Gasteiger partial charge in [0.2, 0.25) is 0 Å². The summed E-state index contributed by atoms with van der Waals surface area (Å²) in [4.78, 5) is 24.5. The first kappa shape index (κ1) is 28.9. The van der Waals surface area contributed by atoms with Gasteiger partial charge in [-0.2, -0.15) is 0 Å². The third kappa shape index (κ3) is 6.13. The van der Waals surface area contributed by atoms with Crippen LogP contribution in [0.1, 0.15) is 0 Å². The van der Waals surface area contributed by atoms with Gasteiger partial charge >= 0.3 is 0 Å². The largest absolute Gasteiger partial charge is 0.255 e. The van der Waals surface area contributed by atoms with Crippen molar-refractivity contribution < 1.29 is 0 Å². The van der Waals surface area contributed by atoms with Crippen molar-refractivity contribution in [2.24, 2.45) is 0 Å². The van der Waals surface area contributed by atoms with E-state index in [4.69, 9.17) is 19.9 Å². The second kappa shape index (κ2) is 13.0. The van der Waals surface area contributed by atoms with Gasteiger partial charge in [-0.25, -0.2) is 15.0 Å². The first-order valence-electron chi connectivity index (χ1n) is 15.8. The lowest BCUT2D eigenvalue weighted by atomic mass is 10.0. The van der Waals surface area contributed by atoms with Crippen molar-refractivity contribution in [1.82, 2.24) is 24.9 Å². The molecule has 0 amide bonds. The highest BCUT2D eigenvalue weighted by molar-refractivity contribution is 5.77. The maximum absolute atomic E-state index is 5.04. The van der Waals surface area contributed by atoms with Crippen LogP contribution in [0.5, 0.6) is 0 Å². The molecule has 8 aromatic rings. The Morgan fingerprint density at radius 1 is 0.271 bits per heavy atom. The zero-order chi connectivity index (χ0) is 32.1. The molecule has 0 bridgehead atoms. The SMILES string of the molecule is c1ccc(-c2ccc(-c3nc(-c4ccccc4)cc(-c4ccc(-c5cc(-c6ccccc6)cc(-c6ccccn6)n5)nc4)n3)cc2)cc1. The first-order valence-corrected chi connectivity index (χ1v) is 15.8. The molecule has 0 unspecified atom stereocenters. The number of benzene rings is 4. The number of nitrogens with zero attached hydrogens (tertiary/aromatic N) is 5. The maximum Gasteiger partial charge on any atom is 0.160 e. The lowest BCUT2D eigenvalue weighted by molar-refractivity contribution is 1.17. The molecule has 0 atom stereocenters. The molecule has 48 heavy (non-hydrogen) atoms. The van der Waals surface area contributed by atoms with E-state index >= 15 is 0 Å². The molecule has 5 nitrogen and oxygen atoms in total. The van der Waals surface area contributed by atoms with Crippen LogP contribution in [0, 0.1) is 0 Å². The van der Waals surface area contributed by atoms with Crippen LogP contribution in [0.2, 0.25) is 0 Å². The van der Waals surface area contributed by atoms with Crippen molar-refractivity contribution in [3.63, 3.8) is 0 Å². The third-order valence-corrected chi connectivity index (χ3v) is 8.23. The van der Waals surface area contributed by atoms with Crippen molar-refractivity contribution in [2.45, 2.75) is 0 Å². The highest BCUT2D eigenvalue weighted by Crippen LogP contribution is 2.32. The number of rotatable bonds is 7. The van der Waals surface area contributed by atoms with E-state index in [2.05, 4.69) is 96.0 Å². The monoisotopic (exact) mass is 615 g/mol. The summed E-state index contributed by atoms with van der Waals surface area (Å²) >= 11 is 0. The summed E-state index contributed by atoms with van der Waals surface area (Å²) in [6.45, 7) is 0. The Labute approximate surface area is 279 Å². The Balaban J connectivity index is 1.18. The Morgan fingerprint density at radius 2 is 0.771 bits per heavy atom. The van der Waals surface area contributed by atoms with E-state index in [9.17, 15) is 0 Å². The lowest BCUT2D eigenvalue weighted by Gasteiger charge is -2.11. The van der Waals surface area contributed by atoms with Gasteiger partial charge in [-0.1, -0.05) is 121 Å². The van der Waals surface area contributed by atoms with Gasteiger partial charge in [0, 0.05) is 29.1 Å². The van der Waals surface area contributed by atoms with Crippen LogP contribution in [-0.2, 0) is 0 Å². The average Bonchev–Trinajstić information content (AvgIpc) is 3.19. The molecule has 8 rings (SSSR count). The molecule has 0 saturated carbocycles.